The lowest BCUT2D eigenvalue weighted by molar-refractivity contribution is 0.583. The number of hydrogen-bond acceptors (Lipinski definition) is 2. The van der Waals surface area contributed by atoms with E-state index in [1.807, 2.05) is 0 Å². The maximum absolute atomic E-state index is 12.4. The molecule has 1 heterocycles. The molecule has 0 spiro atoms. The zero-order chi connectivity index (χ0) is 7.56. The number of hydrogen-bond donors (Lipinski definition) is 1. The summed E-state index contributed by atoms with van der Waals surface area (Å²) in [7, 11) is 0. The van der Waals surface area contributed by atoms with Gasteiger partial charge < -0.3 is 5.73 Å². The molecular formula is C6H6ClFN2. The molecule has 0 fully saturated rings. The van der Waals surface area contributed by atoms with Crippen LogP contribution >= 0.6 is 11.6 Å². The second kappa shape index (κ2) is 2.94. The van der Waals surface area contributed by atoms with Gasteiger partial charge in [-0.15, -0.1) is 0 Å². The molecule has 1 aromatic heterocycles. The van der Waals surface area contributed by atoms with Gasteiger partial charge in [0.25, 0.3) is 0 Å². The summed E-state index contributed by atoms with van der Waals surface area (Å²) in [6.07, 6.45) is 1.36. The molecule has 0 atom stereocenters. The Morgan fingerprint density at radius 3 is 2.90 bits per heavy atom. The van der Waals surface area contributed by atoms with Crippen molar-refractivity contribution in [2.24, 2.45) is 5.73 Å². The largest absolute Gasteiger partial charge is 0.326 e. The van der Waals surface area contributed by atoms with Crippen LogP contribution in [0.25, 0.3) is 0 Å². The molecule has 0 aromatic carbocycles. The topological polar surface area (TPSA) is 38.9 Å². The first-order chi connectivity index (χ1) is 4.74. The third-order valence-electron chi connectivity index (χ3n) is 1.09. The summed E-state index contributed by atoms with van der Waals surface area (Å²) in [5.41, 5.74) is 5.98. The van der Waals surface area contributed by atoms with E-state index in [-0.39, 0.29) is 5.02 Å². The molecule has 0 aliphatic carbocycles. The zero-order valence-corrected chi connectivity index (χ0v) is 5.90. The van der Waals surface area contributed by atoms with Gasteiger partial charge in [0.05, 0.1) is 5.02 Å². The molecule has 1 aromatic rings. The van der Waals surface area contributed by atoms with Crippen LogP contribution in [0, 0.1) is 5.95 Å². The summed E-state index contributed by atoms with van der Waals surface area (Å²) in [6, 6.07) is 1.46. The lowest BCUT2D eigenvalue weighted by atomic mass is 10.3. The number of rotatable bonds is 1. The molecule has 1 rings (SSSR count). The van der Waals surface area contributed by atoms with Gasteiger partial charge >= 0.3 is 0 Å². The van der Waals surface area contributed by atoms with Gasteiger partial charge in [-0.3, -0.25) is 0 Å². The van der Waals surface area contributed by atoms with Crippen LogP contribution in [0.4, 0.5) is 4.39 Å². The summed E-state index contributed by atoms with van der Waals surface area (Å²) in [6.45, 7) is 0.326. The second-order valence-corrected chi connectivity index (χ2v) is 2.23. The van der Waals surface area contributed by atoms with Crippen LogP contribution < -0.4 is 5.73 Å². The SMILES string of the molecule is NCc1cnc(F)c(Cl)c1. The normalized spacial score (nSPS) is 9.90. The van der Waals surface area contributed by atoms with Crippen LogP contribution in [0.5, 0.6) is 0 Å². The summed E-state index contributed by atoms with van der Waals surface area (Å²) >= 11 is 5.40. The van der Waals surface area contributed by atoms with E-state index in [0.29, 0.717) is 6.54 Å². The lowest BCUT2D eigenvalue weighted by Crippen LogP contribution is -1.97. The first-order valence-corrected chi connectivity index (χ1v) is 3.12. The Balaban J connectivity index is 3.04. The molecule has 0 saturated carbocycles. The summed E-state index contributed by atoms with van der Waals surface area (Å²) in [4.78, 5) is 3.37. The molecule has 2 nitrogen and oxygen atoms in total. The number of nitrogens with two attached hydrogens (primary N) is 1. The molecule has 0 aliphatic heterocycles. The van der Waals surface area contributed by atoms with Crippen molar-refractivity contribution in [2.45, 2.75) is 6.54 Å². The van der Waals surface area contributed by atoms with Gasteiger partial charge in [-0.1, -0.05) is 11.6 Å². The fourth-order valence-electron chi connectivity index (χ4n) is 0.572. The average Bonchev–Trinajstić information content (AvgIpc) is 1.95. The highest BCUT2D eigenvalue weighted by Gasteiger charge is 1.99. The van der Waals surface area contributed by atoms with Crippen molar-refractivity contribution in [3.8, 4) is 0 Å². The standard InChI is InChI=1S/C6H6ClFN2/c7-5-1-4(2-9)3-10-6(5)8/h1,3H,2,9H2. The Kier molecular flexibility index (Phi) is 2.19. The van der Waals surface area contributed by atoms with Gasteiger partial charge in [0.15, 0.2) is 0 Å². The van der Waals surface area contributed by atoms with E-state index < -0.39 is 5.95 Å². The number of aromatic nitrogens is 1. The molecule has 4 heteroatoms. The highest BCUT2D eigenvalue weighted by Crippen LogP contribution is 2.12. The molecule has 0 bridgehead atoms. The molecule has 0 aliphatic rings. The van der Waals surface area contributed by atoms with Crippen LogP contribution in [0.15, 0.2) is 12.3 Å². The van der Waals surface area contributed by atoms with Crippen molar-refractivity contribution in [2.75, 3.05) is 0 Å². The van der Waals surface area contributed by atoms with Gasteiger partial charge in [0.2, 0.25) is 5.95 Å². The fourth-order valence-corrected chi connectivity index (χ4v) is 0.761. The van der Waals surface area contributed by atoms with Crippen molar-refractivity contribution in [3.05, 3.63) is 28.8 Å². The smallest absolute Gasteiger partial charge is 0.231 e. The summed E-state index contributed by atoms with van der Waals surface area (Å²) in [5, 5.41) is 0.0166. The van der Waals surface area contributed by atoms with Crippen molar-refractivity contribution >= 4 is 11.6 Å². The van der Waals surface area contributed by atoms with Crippen LogP contribution in [0.1, 0.15) is 5.56 Å². The monoisotopic (exact) mass is 160 g/mol. The maximum atomic E-state index is 12.4. The molecule has 0 saturated heterocycles. The minimum Gasteiger partial charge on any atom is -0.326 e. The van der Waals surface area contributed by atoms with E-state index in [9.17, 15) is 4.39 Å². The number of nitrogens with zero attached hydrogens (tertiary/aromatic N) is 1. The van der Waals surface area contributed by atoms with Crippen LogP contribution in [-0.4, -0.2) is 4.98 Å². The molecule has 0 radical (unpaired) electrons. The van der Waals surface area contributed by atoms with E-state index in [1.54, 1.807) is 0 Å². The van der Waals surface area contributed by atoms with Crippen LogP contribution in [-0.2, 0) is 6.54 Å². The summed E-state index contributed by atoms with van der Waals surface area (Å²) in [5.74, 6) is -0.654. The Hall–Kier alpha value is -0.670. The third-order valence-corrected chi connectivity index (χ3v) is 1.35. The lowest BCUT2D eigenvalue weighted by Gasteiger charge is -1.95. The molecule has 0 amide bonds. The van der Waals surface area contributed by atoms with E-state index in [4.69, 9.17) is 17.3 Å². The fraction of sp³-hybridized carbons (Fsp3) is 0.167. The van der Waals surface area contributed by atoms with E-state index in [2.05, 4.69) is 4.98 Å². The molecular weight excluding hydrogens is 155 g/mol. The number of pyridine rings is 1. The molecule has 2 N–H and O–H groups in total. The van der Waals surface area contributed by atoms with Crippen molar-refractivity contribution in [3.63, 3.8) is 0 Å². The second-order valence-electron chi connectivity index (χ2n) is 1.82. The highest BCUT2D eigenvalue weighted by molar-refractivity contribution is 6.30. The first kappa shape index (κ1) is 7.44. The van der Waals surface area contributed by atoms with Crippen molar-refractivity contribution in [1.29, 1.82) is 0 Å². The molecule has 0 unspecified atom stereocenters. The van der Waals surface area contributed by atoms with Gasteiger partial charge in [-0.2, -0.15) is 4.39 Å². The van der Waals surface area contributed by atoms with Gasteiger partial charge in [0, 0.05) is 12.7 Å². The van der Waals surface area contributed by atoms with Gasteiger partial charge in [0.1, 0.15) is 0 Å². The van der Waals surface area contributed by atoms with E-state index >= 15 is 0 Å². The van der Waals surface area contributed by atoms with Gasteiger partial charge in [-0.25, -0.2) is 4.98 Å². The van der Waals surface area contributed by atoms with Crippen molar-refractivity contribution in [1.82, 2.24) is 4.98 Å². The summed E-state index contributed by atoms with van der Waals surface area (Å²) < 4.78 is 12.4. The minimum atomic E-state index is -0.654. The number of halogens is 2. The Bertz CT molecular complexity index is 239. The predicted octanol–water partition coefficient (Wildman–Crippen LogP) is 1.33. The van der Waals surface area contributed by atoms with Crippen LogP contribution in [0.3, 0.4) is 0 Å². The van der Waals surface area contributed by atoms with E-state index in [1.165, 1.54) is 12.3 Å². The molecule has 54 valence electrons. The highest BCUT2D eigenvalue weighted by atomic mass is 35.5. The Morgan fingerprint density at radius 2 is 2.40 bits per heavy atom. The third kappa shape index (κ3) is 1.43. The van der Waals surface area contributed by atoms with Crippen LogP contribution in [0.2, 0.25) is 5.02 Å². The van der Waals surface area contributed by atoms with Crippen molar-refractivity contribution < 1.29 is 4.39 Å². The first-order valence-electron chi connectivity index (χ1n) is 2.74. The average molecular weight is 161 g/mol. The molecule has 10 heavy (non-hydrogen) atoms. The zero-order valence-electron chi connectivity index (χ0n) is 5.14. The maximum Gasteiger partial charge on any atom is 0.231 e. The van der Waals surface area contributed by atoms with E-state index in [0.717, 1.165) is 5.56 Å². The Morgan fingerprint density at radius 1 is 1.70 bits per heavy atom. The minimum absolute atomic E-state index is 0.0166. The quantitative estimate of drug-likeness (QED) is 0.630. The predicted molar refractivity (Wildman–Crippen MR) is 37.1 cm³/mol. The Labute approximate surface area is 62.8 Å². The van der Waals surface area contributed by atoms with Gasteiger partial charge in [-0.05, 0) is 11.6 Å².